The predicted molar refractivity (Wildman–Crippen MR) is 72.6 cm³/mol. The van der Waals surface area contributed by atoms with Crippen LogP contribution in [0, 0.1) is 13.8 Å². The van der Waals surface area contributed by atoms with Gasteiger partial charge in [-0.3, -0.25) is 4.79 Å². The van der Waals surface area contributed by atoms with E-state index in [0.717, 1.165) is 26.9 Å². The van der Waals surface area contributed by atoms with Gasteiger partial charge in [0.2, 0.25) is 0 Å². The lowest BCUT2D eigenvalue weighted by Gasteiger charge is -2.02. The van der Waals surface area contributed by atoms with Crippen molar-refractivity contribution >= 4 is 17.1 Å². The van der Waals surface area contributed by atoms with Gasteiger partial charge in [-0.15, -0.1) is 11.3 Å². The molecule has 0 aliphatic heterocycles. The van der Waals surface area contributed by atoms with Gasteiger partial charge in [-0.2, -0.15) is 0 Å². The van der Waals surface area contributed by atoms with Crippen molar-refractivity contribution in [2.24, 2.45) is 0 Å². The summed E-state index contributed by atoms with van der Waals surface area (Å²) < 4.78 is 5.09. The van der Waals surface area contributed by atoms with Crippen LogP contribution in [0.2, 0.25) is 0 Å². The van der Waals surface area contributed by atoms with E-state index in [0.29, 0.717) is 6.42 Å². The van der Waals surface area contributed by atoms with E-state index in [4.69, 9.17) is 4.74 Å². The van der Waals surface area contributed by atoms with Crippen LogP contribution in [0.3, 0.4) is 0 Å². The van der Waals surface area contributed by atoms with E-state index >= 15 is 0 Å². The van der Waals surface area contributed by atoms with E-state index in [1.54, 1.807) is 7.11 Å². The normalized spacial score (nSPS) is 10.4. The van der Waals surface area contributed by atoms with Gasteiger partial charge in [-0.1, -0.05) is 12.1 Å². The zero-order valence-electron chi connectivity index (χ0n) is 10.7. The van der Waals surface area contributed by atoms with Gasteiger partial charge in [-0.05, 0) is 31.5 Å². The molecule has 0 saturated carbocycles. The number of rotatable bonds is 4. The molecule has 3 nitrogen and oxygen atoms in total. The zero-order chi connectivity index (χ0) is 13.1. The summed E-state index contributed by atoms with van der Waals surface area (Å²) in [5.74, 6) is 0.930. The first-order valence-electron chi connectivity index (χ1n) is 5.70. The highest BCUT2D eigenvalue weighted by Crippen LogP contribution is 2.20. The summed E-state index contributed by atoms with van der Waals surface area (Å²) in [6.07, 6.45) is 0.409. The molecule has 0 bridgehead atoms. The predicted octanol–water partition coefficient (Wildman–Crippen LogP) is 3.19. The Bertz CT molecular complexity index is 558. The SMILES string of the molecule is COc1ccc(CC(=O)c2sc(C)nc2C)cc1. The monoisotopic (exact) mass is 261 g/mol. The fraction of sp³-hybridized carbons (Fsp3) is 0.286. The molecule has 2 aromatic rings. The van der Waals surface area contributed by atoms with Crippen LogP contribution in [-0.2, 0) is 6.42 Å². The molecule has 0 spiro atoms. The molecule has 0 saturated heterocycles. The highest BCUT2D eigenvalue weighted by molar-refractivity contribution is 7.13. The van der Waals surface area contributed by atoms with Gasteiger partial charge >= 0.3 is 0 Å². The Labute approximate surface area is 110 Å². The zero-order valence-corrected chi connectivity index (χ0v) is 11.5. The van der Waals surface area contributed by atoms with Crippen LogP contribution in [0.1, 0.15) is 25.9 Å². The van der Waals surface area contributed by atoms with Crippen LogP contribution in [0.5, 0.6) is 5.75 Å². The number of carbonyl (C=O) groups is 1. The number of aryl methyl sites for hydroxylation is 2. The van der Waals surface area contributed by atoms with Gasteiger partial charge in [0.15, 0.2) is 5.78 Å². The summed E-state index contributed by atoms with van der Waals surface area (Å²) in [6, 6.07) is 7.57. The van der Waals surface area contributed by atoms with Crippen molar-refractivity contribution in [3.63, 3.8) is 0 Å². The minimum Gasteiger partial charge on any atom is -0.497 e. The first-order chi connectivity index (χ1) is 8.60. The Hall–Kier alpha value is -1.68. The molecule has 2 rings (SSSR count). The Balaban J connectivity index is 2.13. The molecular formula is C14H15NO2S. The van der Waals surface area contributed by atoms with E-state index in [2.05, 4.69) is 4.98 Å². The lowest BCUT2D eigenvalue weighted by molar-refractivity contribution is 0.0996. The number of methoxy groups -OCH3 is 1. The van der Waals surface area contributed by atoms with Crippen LogP contribution in [0.15, 0.2) is 24.3 Å². The summed E-state index contributed by atoms with van der Waals surface area (Å²) in [6.45, 7) is 3.80. The summed E-state index contributed by atoms with van der Waals surface area (Å²) >= 11 is 1.46. The third kappa shape index (κ3) is 2.76. The van der Waals surface area contributed by atoms with Gasteiger partial charge in [-0.25, -0.2) is 4.98 Å². The van der Waals surface area contributed by atoms with Crippen molar-refractivity contribution < 1.29 is 9.53 Å². The van der Waals surface area contributed by atoms with Gasteiger partial charge in [0, 0.05) is 6.42 Å². The number of ketones is 1. The fourth-order valence-electron chi connectivity index (χ4n) is 1.80. The molecular weight excluding hydrogens is 246 g/mol. The van der Waals surface area contributed by atoms with Gasteiger partial charge < -0.3 is 4.74 Å². The minimum atomic E-state index is 0.128. The second-order valence-corrected chi connectivity index (χ2v) is 5.30. The number of hydrogen-bond donors (Lipinski definition) is 0. The number of carbonyl (C=O) groups excluding carboxylic acids is 1. The molecule has 1 aromatic heterocycles. The number of nitrogens with zero attached hydrogens (tertiary/aromatic N) is 1. The van der Waals surface area contributed by atoms with Crippen molar-refractivity contribution in [3.8, 4) is 5.75 Å². The maximum absolute atomic E-state index is 12.1. The summed E-state index contributed by atoms with van der Waals surface area (Å²) in [4.78, 5) is 17.2. The molecule has 0 fully saturated rings. The smallest absolute Gasteiger partial charge is 0.179 e. The molecule has 1 aromatic carbocycles. The quantitative estimate of drug-likeness (QED) is 0.793. The van der Waals surface area contributed by atoms with Crippen LogP contribution >= 0.6 is 11.3 Å². The topological polar surface area (TPSA) is 39.2 Å². The number of hydrogen-bond acceptors (Lipinski definition) is 4. The fourth-order valence-corrected chi connectivity index (χ4v) is 2.66. The van der Waals surface area contributed by atoms with Crippen molar-refractivity contribution in [1.29, 1.82) is 0 Å². The Morgan fingerprint density at radius 3 is 2.44 bits per heavy atom. The molecule has 0 aliphatic rings. The number of thiazole rings is 1. The maximum atomic E-state index is 12.1. The summed E-state index contributed by atoms with van der Waals surface area (Å²) in [5, 5.41) is 0.936. The highest BCUT2D eigenvalue weighted by atomic mass is 32.1. The standard InChI is InChI=1S/C14H15NO2S/c1-9-14(18-10(2)15-9)13(16)8-11-4-6-12(17-3)7-5-11/h4-7H,8H2,1-3H3. The van der Waals surface area contributed by atoms with E-state index in [1.165, 1.54) is 11.3 Å². The first-order valence-corrected chi connectivity index (χ1v) is 6.52. The largest absolute Gasteiger partial charge is 0.497 e. The molecule has 94 valence electrons. The molecule has 4 heteroatoms. The van der Waals surface area contributed by atoms with Crippen molar-refractivity contribution in [1.82, 2.24) is 4.98 Å². The molecule has 0 amide bonds. The minimum absolute atomic E-state index is 0.128. The molecule has 0 atom stereocenters. The van der Waals surface area contributed by atoms with Crippen molar-refractivity contribution in [3.05, 3.63) is 45.4 Å². The molecule has 0 aliphatic carbocycles. The Morgan fingerprint density at radius 1 is 1.28 bits per heavy atom. The Kier molecular flexibility index (Phi) is 3.77. The third-order valence-corrected chi connectivity index (χ3v) is 3.79. The maximum Gasteiger partial charge on any atom is 0.179 e. The van der Waals surface area contributed by atoms with Crippen LogP contribution < -0.4 is 4.74 Å². The van der Waals surface area contributed by atoms with Crippen molar-refractivity contribution in [2.75, 3.05) is 7.11 Å². The number of aromatic nitrogens is 1. The van der Waals surface area contributed by atoms with Gasteiger partial charge in [0.05, 0.1) is 22.7 Å². The summed E-state index contributed by atoms with van der Waals surface area (Å²) in [5.41, 5.74) is 1.82. The summed E-state index contributed by atoms with van der Waals surface area (Å²) in [7, 11) is 1.63. The van der Waals surface area contributed by atoms with Crippen LogP contribution in [0.25, 0.3) is 0 Å². The van der Waals surface area contributed by atoms with Gasteiger partial charge in [0.25, 0.3) is 0 Å². The van der Waals surface area contributed by atoms with Crippen LogP contribution in [-0.4, -0.2) is 17.9 Å². The number of benzene rings is 1. The molecule has 1 heterocycles. The molecule has 0 unspecified atom stereocenters. The number of ether oxygens (including phenoxy) is 1. The number of Topliss-reactive ketones (excluding diaryl/α,β-unsaturated/α-hetero) is 1. The lowest BCUT2D eigenvalue weighted by atomic mass is 10.1. The lowest BCUT2D eigenvalue weighted by Crippen LogP contribution is -2.03. The second-order valence-electron chi connectivity index (χ2n) is 4.10. The molecule has 0 N–H and O–H groups in total. The second kappa shape index (κ2) is 5.31. The highest BCUT2D eigenvalue weighted by Gasteiger charge is 2.14. The van der Waals surface area contributed by atoms with E-state index in [-0.39, 0.29) is 5.78 Å². The first kappa shape index (κ1) is 12.8. The average Bonchev–Trinajstić information content (AvgIpc) is 2.69. The molecule has 0 radical (unpaired) electrons. The van der Waals surface area contributed by atoms with Crippen LogP contribution in [0.4, 0.5) is 0 Å². The van der Waals surface area contributed by atoms with E-state index < -0.39 is 0 Å². The molecule has 18 heavy (non-hydrogen) atoms. The third-order valence-electron chi connectivity index (χ3n) is 2.68. The van der Waals surface area contributed by atoms with E-state index in [1.807, 2.05) is 38.1 Å². The van der Waals surface area contributed by atoms with Crippen molar-refractivity contribution in [2.45, 2.75) is 20.3 Å². The van der Waals surface area contributed by atoms with E-state index in [9.17, 15) is 4.79 Å². The van der Waals surface area contributed by atoms with Gasteiger partial charge in [0.1, 0.15) is 5.75 Å². The Morgan fingerprint density at radius 2 is 1.94 bits per heavy atom. The average molecular weight is 261 g/mol.